The van der Waals surface area contributed by atoms with Crippen LogP contribution in [0, 0.1) is 6.92 Å². The van der Waals surface area contributed by atoms with Gasteiger partial charge in [-0.3, -0.25) is 9.59 Å². The number of rotatable bonds is 9. The number of nitrogens with zero attached hydrogens (tertiary/aromatic N) is 3. The predicted octanol–water partition coefficient (Wildman–Crippen LogP) is 3.84. The van der Waals surface area contributed by atoms with E-state index < -0.39 is 0 Å². The lowest BCUT2D eigenvalue weighted by atomic mass is 10.2. The number of benzene rings is 2. The Kier molecular flexibility index (Phi) is 7.88. The molecule has 0 saturated heterocycles. The first kappa shape index (κ1) is 23.3. The molecule has 3 rings (SSSR count). The molecule has 0 aliphatic heterocycles. The van der Waals surface area contributed by atoms with E-state index in [4.69, 9.17) is 4.74 Å². The smallest absolute Gasteiger partial charge is 0.251 e. The van der Waals surface area contributed by atoms with Gasteiger partial charge in [0.15, 0.2) is 11.0 Å². The van der Waals surface area contributed by atoms with E-state index in [9.17, 15) is 9.59 Å². The zero-order valence-corrected chi connectivity index (χ0v) is 19.4. The van der Waals surface area contributed by atoms with Gasteiger partial charge < -0.3 is 19.9 Å². The summed E-state index contributed by atoms with van der Waals surface area (Å²) in [7, 11) is 1.58. The van der Waals surface area contributed by atoms with Gasteiger partial charge in [-0.2, -0.15) is 0 Å². The van der Waals surface area contributed by atoms with Crippen LogP contribution in [-0.2, 0) is 11.3 Å². The minimum absolute atomic E-state index is 0.119. The van der Waals surface area contributed by atoms with Gasteiger partial charge in [-0.25, -0.2) is 0 Å². The van der Waals surface area contributed by atoms with Crippen molar-refractivity contribution < 1.29 is 14.3 Å². The maximum atomic E-state index is 12.6. The van der Waals surface area contributed by atoms with Crippen molar-refractivity contribution in [2.75, 3.05) is 18.2 Å². The number of hydrogen-bond donors (Lipinski definition) is 2. The molecule has 0 spiro atoms. The third-order valence-corrected chi connectivity index (χ3v) is 5.78. The van der Waals surface area contributed by atoms with E-state index in [0.717, 1.165) is 11.3 Å². The first-order chi connectivity index (χ1) is 15.4. The van der Waals surface area contributed by atoms with E-state index in [1.165, 1.54) is 11.8 Å². The molecule has 2 amide bonds. The van der Waals surface area contributed by atoms with Crippen molar-refractivity contribution in [3.8, 4) is 5.75 Å². The van der Waals surface area contributed by atoms with Crippen LogP contribution in [0.4, 0.5) is 5.69 Å². The molecule has 32 heavy (non-hydrogen) atoms. The van der Waals surface area contributed by atoms with Crippen molar-refractivity contribution in [3.05, 3.63) is 65.5 Å². The Morgan fingerprint density at radius 3 is 2.41 bits per heavy atom. The van der Waals surface area contributed by atoms with Gasteiger partial charge >= 0.3 is 0 Å². The van der Waals surface area contributed by atoms with Crippen LogP contribution in [-0.4, -0.2) is 39.4 Å². The zero-order valence-electron chi connectivity index (χ0n) is 18.6. The lowest BCUT2D eigenvalue weighted by molar-refractivity contribution is -0.113. The summed E-state index contributed by atoms with van der Waals surface area (Å²) in [4.78, 5) is 24.9. The fourth-order valence-corrected chi connectivity index (χ4v) is 3.88. The standard InChI is InChI=1S/C23H27N5O3S/c1-5-28-21(16(3)24-22(30)17-8-12-19(31-4)13-9-17)26-27-23(28)32-14-20(29)25-18-10-6-15(2)7-11-18/h6-13,16H,5,14H2,1-4H3,(H,24,30)(H,25,29)/t16-/m0/s1. The predicted molar refractivity (Wildman–Crippen MR) is 125 cm³/mol. The molecule has 0 saturated carbocycles. The van der Waals surface area contributed by atoms with Gasteiger partial charge in [0.05, 0.1) is 18.9 Å². The summed E-state index contributed by atoms with van der Waals surface area (Å²) in [5.41, 5.74) is 2.42. The molecule has 1 atom stereocenters. The van der Waals surface area contributed by atoms with Crippen molar-refractivity contribution in [2.24, 2.45) is 0 Å². The normalized spacial score (nSPS) is 11.6. The second kappa shape index (κ2) is 10.8. The Morgan fingerprint density at radius 2 is 1.78 bits per heavy atom. The van der Waals surface area contributed by atoms with Gasteiger partial charge in [-0.05, 0) is 57.2 Å². The molecular formula is C23H27N5O3S. The molecule has 0 unspecified atom stereocenters. The Morgan fingerprint density at radius 1 is 1.09 bits per heavy atom. The van der Waals surface area contributed by atoms with Crippen molar-refractivity contribution in [2.45, 2.75) is 38.5 Å². The molecule has 3 aromatic rings. The molecule has 0 aliphatic rings. The first-order valence-corrected chi connectivity index (χ1v) is 11.3. The number of hydrogen-bond acceptors (Lipinski definition) is 6. The van der Waals surface area contributed by atoms with Crippen LogP contribution >= 0.6 is 11.8 Å². The maximum Gasteiger partial charge on any atom is 0.251 e. The summed E-state index contributed by atoms with van der Waals surface area (Å²) in [6, 6.07) is 14.2. The number of aromatic nitrogens is 3. The highest BCUT2D eigenvalue weighted by molar-refractivity contribution is 7.99. The molecule has 9 heteroatoms. The molecule has 1 aromatic heterocycles. The average Bonchev–Trinajstić information content (AvgIpc) is 3.22. The molecule has 0 fully saturated rings. The highest BCUT2D eigenvalue weighted by Gasteiger charge is 2.20. The third kappa shape index (κ3) is 5.88. The largest absolute Gasteiger partial charge is 0.497 e. The number of amides is 2. The highest BCUT2D eigenvalue weighted by Crippen LogP contribution is 2.21. The number of methoxy groups -OCH3 is 1. The van der Waals surface area contributed by atoms with Gasteiger partial charge in [0.1, 0.15) is 5.75 Å². The number of carbonyl (C=O) groups is 2. The SMILES string of the molecule is CCn1c(SCC(=O)Nc2ccc(C)cc2)nnc1[C@H](C)NC(=O)c1ccc(OC)cc1. The molecule has 0 radical (unpaired) electrons. The van der Waals surface area contributed by atoms with Crippen LogP contribution < -0.4 is 15.4 Å². The lowest BCUT2D eigenvalue weighted by Gasteiger charge is -2.15. The summed E-state index contributed by atoms with van der Waals surface area (Å²) in [6.07, 6.45) is 0. The van der Waals surface area contributed by atoms with Crippen LogP contribution in [0.15, 0.2) is 53.7 Å². The summed E-state index contributed by atoms with van der Waals surface area (Å²) in [5, 5.41) is 14.9. The third-order valence-electron chi connectivity index (χ3n) is 4.82. The number of thioether (sulfide) groups is 1. The van der Waals surface area contributed by atoms with Gasteiger partial charge in [-0.15, -0.1) is 10.2 Å². The number of nitrogens with one attached hydrogen (secondary N) is 2. The van der Waals surface area contributed by atoms with Crippen LogP contribution in [0.1, 0.15) is 41.6 Å². The molecule has 0 aliphatic carbocycles. The Labute approximate surface area is 191 Å². The fraction of sp³-hybridized carbons (Fsp3) is 0.304. The average molecular weight is 454 g/mol. The van der Waals surface area contributed by atoms with Gasteiger partial charge in [-0.1, -0.05) is 29.5 Å². The van der Waals surface area contributed by atoms with Crippen molar-refractivity contribution >= 4 is 29.3 Å². The van der Waals surface area contributed by atoms with E-state index in [1.54, 1.807) is 31.4 Å². The first-order valence-electron chi connectivity index (χ1n) is 10.3. The van der Waals surface area contributed by atoms with E-state index >= 15 is 0 Å². The number of aryl methyl sites for hydroxylation is 1. The van der Waals surface area contributed by atoms with E-state index in [0.29, 0.717) is 28.8 Å². The number of ether oxygens (including phenoxy) is 1. The quantitative estimate of drug-likeness (QED) is 0.478. The second-order valence-electron chi connectivity index (χ2n) is 7.21. The summed E-state index contributed by atoms with van der Waals surface area (Å²) >= 11 is 1.31. The van der Waals surface area contributed by atoms with Crippen LogP contribution in [0.5, 0.6) is 5.75 Å². The summed E-state index contributed by atoms with van der Waals surface area (Å²) in [5.74, 6) is 1.20. The van der Waals surface area contributed by atoms with Gasteiger partial charge in [0, 0.05) is 17.8 Å². The van der Waals surface area contributed by atoms with Crippen molar-refractivity contribution in [3.63, 3.8) is 0 Å². The molecular weight excluding hydrogens is 426 g/mol. The maximum absolute atomic E-state index is 12.6. The Hall–Kier alpha value is -3.33. The lowest BCUT2D eigenvalue weighted by Crippen LogP contribution is -2.28. The monoisotopic (exact) mass is 453 g/mol. The highest BCUT2D eigenvalue weighted by atomic mass is 32.2. The van der Waals surface area contributed by atoms with Crippen molar-refractivity contribution in [1.82, 2.24) is 20.1 Å². The number of anilines is 1. The van der Waals surface area contributed by atoms with Gasteiger partial charge in [0.25, 0.3) is 5.91 Å². The topological polar surface area (TPSA) is 98.1 Å². The Bertz CT molecular complexity index is 1060. The van der Waals surface area contributed by atoms with Crippen LogP contribution in [0.3, 0.4) is 0 Å². The molecule has 2 N–H and O–H groups in total. The van der Waals surface area contributed by atoms with Crippen molar-refractivity contribution in [1.29, 1.82) is 0 Å². The summed E-state index contributed by atoms with van der Waals surface area (Å²) < 4.78 is 7.03. The molecule has 0 bridgehead atoms. The molecule has 2 aromatic carbocycles. The molecule has 168 valence electrons. The van der Waals surface area contributed by atoms with E-state index in [1.807, 2.05) is 49.6 Å². The van der Waals surface area contributed by atoms with Crippen LogP contribution in [0.2, 0.25) is 0 Å². The minimum atomic E-state index is -0.354. The molecule has 1 heterocycles. The van der Waals surface area contributed by atoms with E-state index in [-0.39, 0.29) is 23.6 Å². The second-order valence-corrected chi connectivity index (χ2v) is 8.15. The molecule has 8 nitrogen and oxygen atoms in total. The fourth-order valence-electron chi connectivity index (χ4n) is 3.08. The van der Waals surface area contributed by atoms with Crippen LogP contribution in [0.25, 0.3) is 0 Å². The number of carbonyl (C=O) groups excluding carboxylic acids is 2. The minimum Gasteiger partial charge on any atom is -0.497 e. The van der Waals surface area contributed by atoms with E-state index in [2.05, 4.69) is 20.8 Å². The Balaban J connectivity index is 1.60. The zero-order chi connectivity index (χ0) is 23.1. The van der Waals surface area contributed by atoms with Gasteiger partial charge in [0.2, 0.25) is 5.91 Å². The summed E-state index contributed by atoms with van der Waals surface area (Å²) in [6.45, 7) is 6.45.